The predicted molar refractivity (Wildman–Crippen MR) is 94.8 cm³/mol. The summed E-state index contributed by atoms with van der Waals surface area (Å²) in [6.07, 6.45) is 3.81. The molecule has 1 aliphatic heterocycles. The Hall–Kier alpha value is -2.24. The Bertz CT molecular complexity index is 903. The second kappa shape index (κ2) is 7.11. The molecule has 0 amide bonds. The SMILES string of the molecule is [C-]#[N+]c1ccc(/C(=C2/N=CC(C)=C2C)c2[n-]cc(C)c2C)cc1.[Zn]. The van der Waals surface area contributed by atoms with Crippen molar-refractivity contribution in [3.05, 3.63) is 81.1 Å². The van der Waals surface area contributed by atoms with Gasteiger partial charge in [-0.05, 0) is 50.0 Å². The maximum atomic E-state index is 7.12. The number of benzene rings is 1. The maximum absolute atomic E-state index is 7.12. The van der Waals surface area contributed by atoms with Gasteiger partial charge < -0.3 is 4.98 Å². The smallest absolute Gasteiger partial charge is 0.187 e. The third-order valence-corrected chi connectivity index (χ3v) is 4.43. The fraction of sp³-hybridized carbons (Fsp3) is 0.200. The Labute approximate surface area is 155 Å². The molecular weight excluding hydrogens is 348 g/mol. The van der Waals surface area contributed by atoms with Crippen molar-refractivity contribution in [2.24, 2.45) is 4.99 Å². The molecule has 0 saturated carbocycles. The Kier molecular flexibility index (Phi) is 5.37. The van der Waals surface area contributed by atoms with E-state index in [4.69, 9.17) is 6.57 Å². The first-order valence-corrected chi connectivity index (χ1v) is 7.56. The van der Waals surface area contributed by atoms with Crippen molar-refractivity contribution < 1.29 is 19.5 Å². The average Bonchev–Trinajstić information content (AvgIpc) is 3.06. The number of hydrogen-bond acceptors (Lipinski definition) is 1. The van der Waals surface area contributed by atoms with Gasteiger partial charge in [0, 0.05) is 25.7 Å². The van der Waals surface area contributed by atoms with E-state index in [1.165, 1.54) is 22.3 Å². The zero-order valence-electron chi connectivity index (χ0n) is 14.5. The monoisotopic (exact) mass is 364 g/mol. The quantitative estimate of drug-likeness (QED) is 0.545. The van der Waals surface area contributed by atoms with Gasteiger partial charge in [-0.3, -0.25) is 4.99 Å². The molecule has 1 aliphatic rings. The third-order valence-electron chi connectivity index (χ3n) is 4.43. The molecule has 0 fully saturated rings. The molecule has 3 rings (SSSR count). The van der Waals surface area contributed by atoms with Crippen molar-refractivity contribution in [1.29, 1.82) is 0 Å². The number of hydrogen-bond donors (Lipinski definition) is 0. The van der Waals surface area contributed by atoms with Gasteiger partial charge in [0.05, 0.1) is 12.3 Å². The van der Waals surface area contributed by atoms with Crippen molar-refractivity contribution >= 4 is 17.5 Å². The summed E-state index contributed by atoms with van der Waals surface area (Å²) in [5.74, 6) is 0. The molecule has 0 spiro atoms. The van der Waals surface area contributed by atoms with Crippen LogP contribution in [0.1, 0.15) is 36.2 Å². The van der Waals surface area contributed by atoms with Gasteiger partial charge in [0.2, 0.25) is 0 Å². The topological polar surface area (TPSA) is 30.8 Å². The molecule has 24 heavy (non-hydrogen) atoms. The van der Waals surface area contributed by atoms with E-state index in [1.54, 1.807) is 0 Å². The van der Waals surface area contributed by atoms with Crippen LogP contribution in [-0.4, -0.2) is 6.21 Å². The van der Waals surface area contributed by atoms with Crippen molar-refractivity contribution in [2.45, 2.75) is 27.7 Å². The second-order valence-corrected chi connectivity index (χ2v) is 5.86. The number of rotatable bonds is 2. The summed E-state index contributed by atoms with van der Waals surface area (Å²) in [6.45, 7) is 15.4. The Morgan fingerprint density at radius 1 is 1.08 bits per heavy atom. The van der Waals surface area contributed by atoms with Crippen molar-refractivity contribution in [1.82, 2.24) is 4.98 Å². The molecule has 116 valence electrons. The normalized spacial score (nSPS) is 15.3. The van der Waals surface area contributed by atoms with E-state index in [9.17, 15) is 0 Å². The van der Waals surface area contributed by atoms with E-state index in [1.807, 2.05) is 36.7 Å². The fourth-order valence-electron chi connectivity index (χ4n) is 2.68. The fourth-order valence-corrected chi connectivity index (χ4v) is 2.68. The second-order valence-electron chi connectivity index (χ2n) is 5.86. The molecule has 0 saturated heterocycles. The van der Waals surface area contributed by atoms with E-state index >= 15 is 0 Å². The van der Waals surface area contributed by atoms with Gasteiger partial charge in [-0.2, -0.15) is 6.20 Å². The van der Waals surface area contributed by atoms with Crippen LogP contribution in [-0.2, 0) is 19.5 Å². The predicted octanol–water partition coefficient (Wildman–Crippen LogP) is 4.99. The van der Waals surface area contributed by atoms with Crippen LogP contribution in [0, 0.1) is 20.4 Å². The van der Waals surface area contributed by atoms with Crippen molar-refractivity contribution in [3.63, 3.8) is 0 Å². The zero-order valence-corrected chi connectivity index (χ0v) is 17.5. The molecule has 2 aromatic rings. The van der Waals surface area contributed by atoms with Gasteiger partial charge in [0.25, 0.3) is 0 Å². The van der Waals surface area contributed by atoms with Crippen LogP contribution in [0.2, 0.25) is 0 Å². The number of allylic oxidation sites excluding steroid dienone is 2. The van der Waals surface area contributed by atoms with Gasteiger partial charge in [0.1, 0.15) is 0 Å². The standard InChI is InChI=1S/C20H18N3.Zn/c1-12-10-22-19(14(12)3)18(20-15(4)13(2)11-23-20)16-6-8-17(21-5)9-7-16;/h6-11H,1-4H3;/q-1;/b19-18-;. The molecule has 0 radical (unpaired) electrons. The third kappa shape index (κ3) is 3.05. The zero-order chi connectivity index (χ0) is 16.6. The van der Waals surface area contributed by atoms with Crippen LogP contribution < -0.4 is 4.98 Å². The number of nitrogens with zero attached hydrogens (tertiary/aromatic N) is 3. The van der Waals surface area contributed by atoms with Gasteiger partial charge in [-0.1, -0.05) is 35.4 Å². The summed E-state index contributed by atoms with van der Waals surface area (Å²) in [4.78, 5) is 12.7. The molecule has 0 N–H and O–H groups in total. The van der Waals surface area contributed by atoms with Crippen LogP contribution in [0.5, 0.6) is 0 Å². The van der Waals surface area contributed by atoms with Crippen LogP contribution in [0.15, 0.2) is 52.3 Å². The Morgan fingerprint density at radius 2 is 1.75 bits per heavy atom. The minimum absolute atomic E-state index is 0. The molecule has 3 nitrogen and oxygen atoms in total. The van der Waals surface area contributed by atoms with Crippen LogP contribution in [0.4, 0.5) is 5.69 Å². The molecule has 0 unspecified atom stereocenters. The summed E-state index contributed by atoms with van der Waals surface area (Å²) < 4.78 is 0. The summed E-state index contributed by atoms with van der Waals surface area (Å²) in [7, 11) is 0. The van der Waals surface area contributed by atoms with Crippen molar-refractivity contribution in [3.8, 4) is 0 Å². The van der Waals surface area contributed by atoms with E-state index in [0.717, 1.165) is 22.5 Å². The Balaban J connectivity index is 0.00000208. The van der Waals surface area contributed by atoms with Crippen LogP contribution >= 0.6 is 0 Å². The molecular formula is C20H18N3Zn-. The first-order chi connectivity index (χ1) is 11.0. The van der Waals surface area contributed by atoms with Gasteiger partial charge in [-0.25, -0.2) is 4.85 Å². The van der Waals surface area contributed by atoms with E-state index in [2.05, 4.69) is 42.5 Å². The minimum Gasteiger partial charge on any atom is -0.663 e. The van der Waals surface area contributed by atoms with Gasteiger partial charge in [-0.15, -0.1) is 5.69 Å². The van der Waals surface area contributed by atoms with E-state index in [0.29, 0.717) is 5.69 Å². The van der Waals surface area contributed by atoms with E-state index in [-0.39, 0.29) is 19.5 Å². The largest absolute Gasteiger partial charge is 0.663 e. The average molecular weight is 366 g/mol. The molecule has 0 aliphatic carbocycles. The molecule has 0 atom stereocenters. The first kappa shape index (κ1) is 18.1. The number of aryl methyl sites for hydroxylation is 1. The maximum Gasteiger partial charge on any atom is 0.187 e. The van der Waals surface area contributed by atoms with Gasteiger partial charge >= 0.3 is 0 Å². The number of aliphatic imine (C=N–C) groups is 1. The van der Waals surface area contributed by atoms with Crippen LogP contribution in [0.3, 0.4) is 0 Å². The molecule has 2 heterocycles. The van der Waals surface area contributed by atoms with Crippen molar-refractivity contribution in [2.75, 3.05) is 0 Å². The summed E-state index contributed by atoms with van der Waals surface area (Å²) in [5, 5.41) is 0. The summed E-state index contributed by atoms with van der Waals surface area (Å²) >= 11 is 0. The van der Waals surface area contributed by atoms with E-state index < -0.39 is 0 Å². The van der Waals surface area contributed by atoms with Gasteiger partial charge in [0.15, 0.2) is 5.69 Å². The number of aromatic nitrogens is 1. The Morgan fingerprint density at radius 3 is 2.21 bits per heavy atom. The molecule has 4 heteroatoms. The summed E-state index contributed by atoms with van der Waals surface area (Å²) in [6, 6.07) is 7.66. The van der Waals surface area contributed by atoms with Crippen LogP contribution in [0.25, 0.3) is 10.4 Å². The molecule has 1 aromatic heterocycles. The molecule has 0 bridgehead atoms. The minimum atomic E-state index is 0. The first-order valence-electron chi connectivity index (χ1n) is 7.56. The molecule has 1 aromatic carbocycles. The summed E-state index contributed by atoms with van der Waals surface area (Å²) in [5.41, 5.74) is 9.37.